The van der Waals surface area contributed by atoms with Crippen LogP contribution in [0.2, 0.25) is 0 Å². The van der Waals surface area contributed by atoms with E-state index in [1.54, 1.807) is 14.2 Å². The summed E-state index contributed by atoms with van der Waals surface area (Å²) in [5.74, 6) is 2.69. The molecule has 0 aliphatic rings. The van der Waals surface area contributed by atoms with Crippen LogP contribution in [0.25, 0.3) is 20.5 Å². The molecule has 0 amide bonds. The second-order valence-electron chi connectivity index (χ2n) is 7.52. The molecule has 3 aromatic carbocycles. The van der Waals surface area contributed by atoms with E-state index in [0.29, 0.717) is 0 Å². The van der Waals surface area contributed by atoms with Crippen LogP contribution in [0.4, 0.5) is 0 Å². The van der Waals surface area contributed by atoms with Gasteiger partial charge in [0.1, 0.15) is 17.2 Å². The van der Waals surface area contributed by atoms with Crippen molar-refractivity contribution >= 4 is 21.4 Å². The number of thiophene rings is 1. The molecule has 31 heavy (non-hydrogen) atoms. The van der Waals surface area contributed by atoms with E-state index in [-0.39, 0.29) is 0 Å². The molecule has 160 valence electrons. The van der Waals surface area contributed by atoms with Crippen molar-refractivity contribution in [1.82, 2.24) is 0 Å². The maximum absolute atomic E-state index is 5.82. The van der Waals surface area contributed by atoms with Crippen molar-refractivity contribution in [3.05, 3.63) is 77.9 Å². The van der Waals surface area contributed by atoms with Crippen molar-refractivity contribution in [1.29, 1.82) is 0 Å². The van der Waals surface area contributed by atoms with E-state index in [0.717, 1.165) is 43.1 Å². The lowest BCUT2D eigenvalue weighted by molar-refractivity contribution is 0.309. The number of fused-ring (bicyclic) bond motifs is 1. The first-order chi connectivity index (χ1) is 15.2. The molecule has 0 bridgehead atoms. The predicted molar refractivity (Wildman–Crippen MR) is 130 cm³/mol. The Hall–Kier alpha value is -2.98. The van der Waals surface area contributed by atoms with Gasteiger partial charge in [0.05, 0.1) is 20.8 Å². The van der Waals surface area contributed by atoms with Crippen LogP contribution in [0.5, 0.6) is 17.2 Å². The van der Waals surface area contributed by atoms with Gasteiger partial charge in [-0.2, -0.15) is 0 Å². The van der Waals surface area contributed by atoms with Crippen LogP contribution in [-0.4, -0.2) is 20.8 Å². The minimum absolute atomic E-state index is 0.772. The maximum atomic E-state index is 5.82. The van der Waals surface area contributed by atoms with Gasteiger partial charge in [0.2, 0.25) is 0 Å². The highest BCUT2D eigenvalue weighted by atomic mass is 32.1. The zero-order valence-corrected chi connectivity index (χ0v) is 19.1. The first kappa shape index (κ1) is 21.3. The summed E-state index contributed by atoms with van der Waals surface area (Å²) in [7, 11) is 3.41. The van der Waals surface area contributed by atoms with Crippen LogP contribution in [-0.2, 0) is 6.42 Å². The molecule has 0 fully saturated rings. The summed E-state index contributed by atoms with van der Waals surface area (Å²) in [6, 6.07) is 23.2. The zero-order valence-electron chi connectivity index (χ0n) is 18.3. The SMILES string of the molecule is CCCCOc1ccc(Cc2c(-c3ccc(OC)cc3)sc3cc(OC)ccc23)cc1. The Kier molecular flexibility index (Phi) is 6.78. The third kappa shape index (κ3) is 4.86. The molecule has 4 heteroatoms. The highest BCUT2D eigenvalue weighted by Crippen LogP contribution is 2.41. The molecule has 0 aliphatic carbocycles. The Morgan fingerprint density at radius 1 is 0.774 bits per heavy atom. The lowest BCUT2D eigenvalue weighted by Crippen LogP contribution is -1.96. The molecular weight excluding hydrogens is 404 g/mol. The van der Waals surface area contributed by atoms with Crippen molar-refractivity contribution in [2.24, 2.45) is 0 Å². The average molecular weight is 433 g/mol. The summed E-state index contributed by atoms with van der Waals surface area (Å²) in [6.45, 7) is 2.95. The fourth-order valence-corrected chi connectivity index (χ4v) is 4.91. The minimum atomic E-state index is 0.772. The monoisotopic (exact) mass is 432 g/mol. The van der Waals surface area contributed by atoms with E-state index in [1.165, 1.54) is 31.7 Å². The first-order valence-corrected chi connectivity index (χ1v) is 11.5. The smallest absolute Gasteiger partial charge is 0.120 e. The molecule has 0 saturated heterocycles. The molecule has 0 N–H and O–H groups in total. The summed E-state index contributed by atoms with van der Waals surface area (Å²) in [4.78, 5) is 1.29. The third-order valence-electron chi connectivity index (χ3n) is 5.42. The molecule has 0 radical (unpaired) electrons. The summed E-state index contributed by atoms with van der Waals surface area (Å²) in [5.41, 5.74) is 3.82. The molecule has 0 saturated carbocycles. The minimum Gasteiger partial charge on any atom is -0.497 e. The van der Waals surface area contributed by atoms with E-state index in [1.807, 2.05) is 29.5 Å². The van der Waals surface area contributed by atoms with Gasteiger partial charge >= 0.3 is 0 Å². The van der Waals surface area contributed by atoms with Gasteiger partial charge in [0.25, 0.3) is 0 Å². The second kappa shape index (κ2) is 9.88. The molecule has 4 rings (SSSR count). The van der Waals surface area contributed by atoms with E-state index >= 15 is 0 Å². The van der Waals surface area contributed by atoms with Crippen LogP contribution >= 0.6 is 11.3 Å². The van der Waals surface area contributed by atoms with Gasteiger partial charge in [-0.15, -0.1) is 11.3 Å². The maximum Gasteiger partial charge on any atom is 0.120 e. The number of rotatable bonds is 9. The number of unbranched alkanes of at least 4 members (excludes halogenated alkanes) is 1. The van der Waals surface area contributed by atoms with Gasteiger partial charge < -0.3 is 14.2 Å². The van der Waals surface area contributed by atoms with Crippen molar-refractivity contribution in [2.45, 2.75) is 26.2 Å². The topological polar surface area (TPSA) is 27.7 Å². The number of hydrogen-bond donors (Lipinski definition) is 0. The normalized spacial score (nSPS) is 10.9. The van der Waals surface area contributed by atoms with Crippen molar-refractivity contribution < 1.29 is 14.2 Å². The fourth-order valence-electron chi connectivity index (χ4n) is 3.65. The summed E-state index contributed by atoms with van der Waals surface area (Å²) >= 11 is 1.81. The lowest BCUT2D eigenvalue weighted by Gasteiger charge is -2.09. The molecule has 0 aliphatic heterocycles. The Balaban J connectivity index is 1.69. The first-order valence-electron chi connectivity index (χ1n) is 10.7. The van der Waals surface area contributed by atoms with Crippen LogP contribution in [0.15, 0.2) is 66.7 Å². The molecular formula is C27H28O3S. The Morgan fingerprint density at radius 3 is 2.13 bits per heavy atom. The quantitative estimate of drug-likeness (QED) is 0.259. The fraction of sp³-hybridized carbons (Fsp3) is 0.259. The third-order valence-corrected chi connectivity index (χ3v) is 6.67. The Bertz CT molecular complexity index is 1130. The van der Waals surface area contributed by atoms with Crippen LogP contribution in [0.3, 0.4) is 0 Å². The van der Waals surface area contributed by atoms with Gasteiger partial charge in [-0.3, -0.25) is 0 Å². The number of benzene rings is 3. The van der Waals surface area contributed by atoms with Gasteiger partial charge in [-0.1, -0.05) is 25.5 Å². The molecule has 1 aromatic heterocycles. The summed E-state index contributed by atoms with van der Waals surface area (Å²) < 4.78 is 17.9. The molecule has 0 unspecified atom stereocenters. The second-order valence-corrected chi connectivity index (χ2v) is 8.58. The highest BCUT2D eigenvalue weighted by Gasteiger charge is 2.15. The largest absolute Gasteiger partial charge is 0.497 e. The zero-order chi connectivity index (χ0) is 21.6. The van der Waals surface area contributed by atoms with Gasteiger partial charge in [0, 0.05) is 9.58 Å². The van der Waals surface area contributed by atoms with E-state index in [9.17, 15) is 0 Å². The standard InChI is InChI=1S/C27H28O3S/c1-4-5-16-30-22-10-6-19(7-11-22)17-25-24-15-14-23(29-3)18-26(24)31-27(25)20-8-12-21(28-2)13-9-20/h6-15,18H,4-5,16-17H2,1-3H3. The Labute approximate surface area is 188 Å². The predicted octanol–water partition coefficient (Wildman–Crippen LogP) is 7.36. The number of methoxy groups -OCH3 is 2. The molecule has 4 aromatic rings. The molecule has 3 nitrogen and oxygen atoms in total. The summed E-state index contributed by atoms with van der Waals surface area (Å²) in [6.07, 6.45) is 3.09. The van der Waals surface area contributed by atoms with Crippen LogP contribution in [0, 0.1) is 0 Å². The van der Waals surface area contributed by atoms with Gasteiger partial charge in [-0.05, 0) is 89.5 Å². The molecule has 0 atom stereocenters. The van der Waals surface area contributed by atoms with E-state index in [2.05, 4.69) is 55.5 Å². The molecule has 0 spiro atoms. The van der Waals surface area contributed by atoms with Crippen molar-refractivity contribution in [3.63, 3.8) is 0 Å². The highest BCUT2D eigenvalue weighted by molar-refractivity contribution is 7.22. The van der Waals surface area contributed by atoms with Crippen molar-refractivity contribution in [2.75, 3.05) is 20.8 Å². The number of hydrogen-bond acceptors (Lipinski definition) is 4. The van der Waals surface area contributed by atoms with Crippen LogP contribution in [0.1, 0.15) is 30.9 Å². The van der Waals surface area contributed by atoms with Gasteiger partial charge in [-0.25, -0.2) is 0 Å². The Morgan fingerprint density at radius 2 is 1.45 bits per heavy atom. The van der Waals surface area contributed by atoms with Gasteiger partial charge in [0.15, 0.2) is 0 Å². The number of ether oxygens (including phenoxy) is 3. The van der Waals surface area contributed by atoms with Crippen molar-refractivity contribution in [3.8, 4) is 27.7 Å². The van der Waals surface area contributed by atoms with E-state index < -0.39 is 0 Å². The summed E-state index contributed by atoms with van der Waals surface area (Å²) in [5, 5.41) is 1.28. The molecule has 1 heterocycles. The van der Waals surface area contributed by atoms with Crippen LogP contribution < -0.4 is 14.2 Å². The van der Waals surface area contributed by atoms with E-state index in [4.69, 9.17) is 14.2 Å². The average Bonchev–Trinajstić information content (AvgIpc) is 3.17. The lowest BCUT2D eigenvalue weighted by atomic mass is 9.99.